The average Bonchev–Trinajstić information content (AvgIpc) is 2.98. The molecule has 2 aliphatic rings. The van der Waals surface area contributed by atoms with Gasteiger partial charge in [-0.2, -0.15) is 0 Å². The number of rotatable bonds is 6. The number of likely N-dealkylation sites (N-methyl/N-ethyl adjacent to an activating group) is 1. The van der Waals surface area contributed by atoms with Gasteiger partial charge in [0.2, 0.25) is 0 Å². The maximum Gasteiger partial charge on any atom is 0.324 e. The first-order chi connectivity index (χ1) is 9.07. The van der Waals surface area contributed by atoms with Crippen LogP contribution in [0.25, 0.3) is 0 Å². The third kappa shape index (κ3) is 3.29. The number of carboxylic acids is 1. The van der Waals surface area contributed by atoms with Gasteiger partial charge in [-0.25, -0.2) is 0 Å². The first kappa shape index (κ1) is 14.8. The van der Waals surface area contributed by atoms with Gasteiger partial charge < -0.3 is 10.4 Å². The van der Waals surface area contributed by atoms with Crippen LogP contribution in [0.15, 0.2) is 0 Å². The number of carboxylic acid groups (broad SMARTS) is 1. The van der Waals surface area contributed by atoms with Crippen molar-refractivity contribution in [3.63, 3.8) is 0 Å². The Morgan fingerprint density at radius 2 is 2.00 bits per heavy atom. The molecule has 1 saturated heterocycles. The predicted octanol–water partition coefficient (Wildman–Crippen LogP) is 2.09. The minimum atomic E-state index is -0.810. The van der Waals surface area contributed by atoms with Crippen molar-refractivity contribution < 1.29 is 9.90 Å². The molecule has 19 heavy (non-hydrogen) atoms. The predicted molar refractivity (Wildman–Crippen MR) is 76.3 cm³/mol. The number of hydrogen-bond acceptors (Lipinski definition) is 3. The lowest BCUT2D eigenvalue weighted by Crippen LogP contribution is -2.58. The van der Waals surface area contributed by atoms with Crippen molar-refractivity contribution in [2.45, 2.75) is 64.0 Å². The van der Waals surface area contributed by atoms with Gasteiger partial charge >= 0.3 is 5.97 Å². The molecule has 1 heterocycles. The molecule has 0 aromatic carbocycles. The summed E-state index contributed by atoms with van der Waals surface area (Å²) in [5.74, 6) is 0.0774. The van der Waals surface area contributed by atoms with Gasteiger partial charge in [0.15, 0.2) is 0 Å². The summed E-state index contributed by atoms with van der Waals surface area (Å²) in [6.45, 7) is 6.19. The van der Waals surface area contributed by atoms with Crippen LogP contribution in [0.2, 0.25) is 0 Å². The zero-order chi connectivity index (χ0) is 13.9. The molecule has 4 nitrogen and oxygen atoms in total. The van der Waals surface area contributed by atoms with E-state index in [4.69, 9.17) is 0 Å². The summed E-state index contributed by atoms with van der Waals surface area (Å²) in [5, 5.41) is 12.6. The molecule has 0 radical (unpaired) electrons. The van der Waals surface area contributed by atoms with Crippen LogP contribution in [0.4, 0.5) is 0 Å². The Labute approximate surface area is 116 Å². The van der Waals surface area contributed by atoms with Crippen LogP contribution in [0.5, 0.6) is 0 Å². The van der Waals surface area contributed by atoms with Crippen LogP contribution in [-0.2, 0) is 4.79 Å². The molecule has 0 aromatic rings. The second-order valence-electron chi connectivity index (χ2n) is 6.39. The van der Waals surface area contributed by atoms with Crippen molar-refractivity contribution in [1.82, 2.24) is 10.2 Å². The number of carbonyl (C=O) groups is 1. The van der Waals surface area contributed by atoms with Crippen LogP contribution >= 0.6 is 0 Å². The largest absolute Gasteiger partial charge is 0.480 e. The highest BCUT2D eigenvalue weighted by Gasteiger charge is 2.40. The molecule has 2 N–H and O–H groups in total. The number of aliphatic carboxylic acids is 1. The van der Waals surface area contributed by atoms with E-state index in [1.165, 1.54) is 38.5 Å². The Balaban J connectivity index is 2.01. The van der Waals surface area contributed by atoms with Gasteiger partial charge in [0.25, 0.3) is 0 Å². The zero-order valence-corrected chi connectivity index (χ0v) is 12.3. The first-order valence-corrected chi connectivity index (χ1v) is 7.79. The monoisotopic (exact) mass is 268 g/mol. The van der Waals surface area contributed by atoms with Crippen molar-refractivity contribution in [2.75, 3.05) is 19.6 Å². The van der Waals surface area contributed by atoms with E-state index in [0.717, 1.165) is 12.5 Å². The Hall–Kier alpha value is -0.610. The molecule has 110 valence electrons. The second kappa shape index (κ2) is 6.23. The molecule has 0 bridgehead atoms. The molecule has 4 heteroatoms. The van der Waals surface area contributed by atoms with E-state index < -0.39 is 11.5 Å². The van der Waals surface area contributed by atoms with Crippen molar-refractivity contribution in [1.29, 1.82) is 0 Å². The number of hydrogen-bond donors (Lipinski definition) is 2. The molecular weight excluding hydrogens is 240 g/mol. The summed E-state index contributed by atoms with van der Waals surface area (Å²) in [7, 11) is 0. The summed E-state index contributed by atoms with van der Waals surface area (Å²) in [6.07, 6.45) is 7.88. The second-order valence-corrected chi connectivity index (χ2v) is 6.39. The average molecular weight is 268 g/mol. The molecule has 1 aliphatic carbocycles. The Morgan fingerprint density at radius 3 is 2.58 bits per heavy atom. The van der Waals surface area contributed by atoms with E-state index in [1.807, 2.05) is 13.8 Å². The third-order valence-corrected chi connectivity index (χ3v) is 4.92. The maximum atomic E-state index is 11.5. The highest BCUT2D eigenvalue weighted by Crippen LogP contribution is 2.35. The van der Waals surface area contributed by atoms with E-state index in [-0.39, 0.29) is 0 Å². The molecule has 0 spiro atoms. The summed E-state index contributed by atoms with van der Waals surface area (Å²) >= 11 is 0. The van der Waals surface area contributed by atoms with Gasteiger partial charge in [0, 0.05) is 12.6 Å². The number of nitrogens with zero attached hydrogens (tertiary/aromatic N) is 1. The maximum absolute atomic E-state index is 11.5. The highest BCUT2D eigenvalue weighted by molar-refractivity contribution is 5.78. The van der Waals surface area contributed by atoms with E-state index in [1.54, 1.807) is 0 Å². The van der Waals surface area contributed by atoms with E-state index in [0.29, 0.717) is 19.1 Å². The van der Waals surface area contributed by atoms with Crippen LogP contribution in [-0.4, -0.2) is 47.2 Å². The van der Waals surface area contributed by atoms with Crippen LogP contribution in [0, 0.1) is 5.92 Å². The highest BCUT2D eigenvalue weighted by atomic mass is 16.4. The summed E-state index contributed by atoms with van der Waals surface area (Å²) < 4.78 is 0. The fourth-order valence-electron chi connectivity index (χ4n) is 3.92. The Bertz CT molecular complexity index is 315. The normalized spacial score (nSPS) is 28.6. The fourth-order valence-corrected chi connectivity index (χ4v) is 3.92. The molecule has 0 amide bonds. The van der Waals surface area contributed by atoms with Gasteiger partial charge in [-0.05, 0) is 51.6 Å². The molecule has 2 fully saturated rings. The van der Waals surface area contributed by atoms with Crippen LogP contribution in [0.1, 0.15) is 52.4 Å². The fraction of sp³-hybridized carbons (Fsp3) is 0.933. The van der Waals surface area contributed by atoms with Gasteiger partial charge in [-0.3, -0.25) is 9.69 Å². The quantitative estimate of drug-likeness (QED) is 0.774. The van der Waals surface area contributed by atoms with Crippen LogP contribution < -0.4 is 5.32 Å². The standard InChI is InChI=1S/C15H28N2O2/c1-3-16-15(2,14(18)19)11-17-10-6-9-13(17)12-7-4-5-8-12/h12-13,16H,3-11H2,1-2H3,(H,18,19). The zero-order valence-electron chi connectivity index (χ0n) is 12.3. The van der Waals surface area contributed by atoms with Gasteiger partial charge in [-0.1, -0.05) is 19.8 Å². The molecule has 2 unspecified atom stereocenters. The lowest BCUT2D eigenvalue weighted by molar-refractivity contribution is -0.145. The van der Waals surface area contributed by atoms with Crippen molar-refractivity contribution in [3.05, 3.63) is 0 Å². The lowest BCUT2D eigenvalue weighted by Gasteiger charge is -2.36. The molecular formula is C15H28N2O2. The molecule has 1 saturated carbocycles. The van der Waals surface area contributed by atoms with Crippen LogP contribution in [0.3, 0.4) is 0 Å². The Kier molecular flexibility index (Phi) is 4.85. The summed E-state index contributed by atoms with van der Waals surface area (Å²) in [5.41, 5.74) is -0.810. The molecule has 1 aliphatic heterocycles. The summed E-state index contributed by atoms with van der Waals surface area (Å²) in [6, 6.07) is 0.625. The van der Waals surface area contributed by atoms with Gasteiger partial charge in [0.05, 0.1) is 0 Å². The minimum Gasteiger partial charge on any atom is -0.480 e. The van der Waals surface area contributed by atoms with Gasteiger partial charge in [0.1, 0.15) is 5.54 Å². The van der Waals surface area contributed by atoms with E-state index in [9.17, 15) is 9.90 Å². The smallest absolute Gasteiger partial charge is 0.324 e. The lowest BCUT2D eigenvalue weighted by atomic mass is 9.94. The van der Waals surface area contributed by atoms with Crippen molar-refractivity contribution in [2.24, 2.45) is 5.92 Å². The van der Waals surface area contributed by atoms with E-state index >= 15 is 0 Å². The molecule has 0 aromatic heterocycles. The topological polar surface area (TPSA) is 52.6 Å². The number of nitrogens with one attached hydrogen (secondary N) is 1. The minimum absolute atomic E-state index is 0.625. The Morgan fingerprint density at radius 1 is 1.32 bits per heavy atom. The third-order valence-electron chi connectivity index (χ3n) is 4.92. The molecule has 2 atom stereocenters. The first-order valence-electron chi connectivity index (χ1n) is 7.79. The van der Waals surface area contributed by atoms with Crippen molar-refractivity contribution >= 4 is 5.97 Å². The van der Waals surface area contributed by atoms with E-state index in [2.05, 4.69) is 10.2 Å². The number of likely N-dealkylation sites (tertiary alicyclic amines) is 1. The van der Waals surface area contributed by atoms with Crippen molar-refractivity contribution in [3.8, 4) is 0 Å². The molecule has 2 rings (SSSR count). The summed E-state index contributed by atoms with van der Waals surface area (Å²) in [4.78, 5) is 14.0. The van der Waals surface area contributed by atoms with Gasteiger partial charge in [-0.15, -0.1) is 0 Å². The SMILES string of the molecule is CCNC(C)(CN1CCCC1C1CCCC1)C(=O)O.